The molecule has 26 heavy (non-hydrogen) atoms. The zero-order chi connectivity index (χ0) is 19.5. The van der Waals surface area contributed by atoms with E-state index in [4.69, 9.17) is 15.5 Å². The Morgan fingerprint density at radius 1 is 1.00 bits per heavy atom. The fourth-order valence-electron chi connectivity index (χ4n) is 2.82. The normalized spacial score (nSPS) is 14.7. The molecule has 1 aromatic rings. The van der Waals surface area contributed by atoms with Crippen molar-refractivity contribution in [2.45, 2.75) is 70.3 Å². The van der Waals surface area contributed by atoms with E-state index in [0.29, 0.717) is 12.8 Å². The van der Waals surface area contributed by atoms with E-state index in [1.54, 1.807) is 0 Å². The summed E-state index contributed by atoms with van der Waals surface area (Å²) in [4.78, 5) is 17.8. The molecule has 0 bridgehead atoms. The van der Waals surface area contributed by atoms with E-state index in [1.165, 1.54) is 50.2 Å². The van der Waals surface area contributed by atoms with Crippen LogP contribution < -0.4 is 5.73 Å². The highest BCUT2D eigenvalue weighted by Gasteiger charge is 2.22. The van der Waals surface area contributed by atoms with Crippen LogP contribution in [-0.4, -0.2) is 27.0 Å². The minimum absolute atomic E-state index is 0.361. The topological polar surface area (TPSA) is 104 Å². The van der Waals surface area contributed by atoms with Gasteiger partial charge >= 0.3 is 7.60 Å². The third-order valence-electron chi connectivity index (χ3n) is 4.62. The van der Waals surface area contributed by atoms with E-state index in [2.05, 4.69) is 31.2 Å². The van der Waals surface area contributed by atoms with Crippen LogP contribution >= 0.6 is 7.60 Å². The average molecular weight is 383 g/mol. The van der Waals surface area contributed by atoms with Crippen molar-refractivity contribution in [2.24, 2.45) is 5.73 Å². The van der Waals surface area contributed by atoms with Gasteiger partial charge in [0.25, 0.3) is 0 Å². The molecule has 0 amide bonds. The van der Waals surface area contributed by atoms with Gasteiger partial charge in [-0.1, -0.05) is 69.4 Å². The van der Waals surface area contributed by atoms with Crippen LogP contribution in [0.1, 0.15) is 63.0 Å². The number of aliphatic hydroxyl groups is 1. The van der Waals surface area contributed by atoms with Crippen molar-refractivity contribution >= 4 is 7.60 Å². The van der Waals surface area contributed by atoms with E-state index in [-0.39, 0.29) is 6.61 Å². The Labute approximate surface area is 157 Å². The van der Waals surface area contributed by atoms with Gasteiger partial charge in [-0.25, -0.2) is 0 Å². The molecule has 0 aliphatic carbocycles. The summed E-state index contributed by atoms with van der Waals surface area (Å²) < 4.78 is 10.9. The number of hydrogen-bond acceptors (Lipinski definition) is 3. The number of benzene rings is 1. The molecule has 5 nitrogen and oxygen atoms in total. The first-order valence-corrected chi connectivity index (χ1v) is 11.2. The van der Waals surface area contributed by atoms with Crippen molar-refractivity contribution in [2.75, 3.05) is 6.61 Å². The Bertz CT molecular complexity index is 582. The van der Waals surface area contributed by atoms with E-state index < -0.39 is 13.1 Å². The predicted octanol–water partition coefficient (Wildman–Crippen LogP) is 3.90. The summed E-state index contributed by atoms with van der Waals surface area (Å²) in [5, 5.41) is 9.45. The minimum atomic E-state index is -4.27. The Morgan fingerprint density at radius 3 is 2.08 bits per heavy atom. The fourth-order valence-corrected chi connectivity index (χ4v) is 3.31. The SMILES string of the molecule is CCCCCCCCc1ccc(CC[C@](N)(C=CP(=O)(O)O)CO)cc1. The third kappa shape index (κ3) is 10.2. The van der Waals surface area contributed by atoms with E-state index >= 15 is 0 Å². The van der Waals surface area contributed by atoms with Crippen molar-refractivity contribution in [3.63, 3.8) is 0 Å². The van der Waals surface area contributed by atoms with Crippen molar-refractivity contribution < 1.29 is 19.5 Å². The van der Waals surface area contributed by atoms with Gasteiger partial charge in [0, 0.05) is 5.82 Å². The van der Waals surface area contributed by atoms with E-state index in [1.807, 2.05) is 0 Å². The number of aliphatic hydroxyl groups excluding tert-OH is 1. The third-order valence-corrected chi connectivity index (χ3v) is 5.15. The molecule has 0 unspecified atom stereocenters. The Morgan fingerprint density at radius 2 is 1.54 bits per heavy atom. The van der Waals surface area contributed by atoms with Gasteiger partial charge in [-0.2, -0.15) is 0 Å². The van der Waals surface area contributed by atoms with Crippen LogP contribution in [0.3, 0.4) is 0 Å². The Balaban J connectivity index is 2.43. The van der Waals surface area contributed by atoms with Gasteiger partial charge in [-0.05, 0) is 36.8 Å². The van der Waals surface area contributed by atoms with E-state index in [9.17, 15) is 9.67 Å². The molecular weight excluding hydrogens is 349 g/mol. The van der Waals surface area contributed by atoms with Gasteiger partial charge in [0.1, 0.15) is 0 Å². The first-order chi connectivity index (χ1) is 12.3. The number of aryl methyl sites for hydroxylation is 2. The molecular formula is C20H34NO4P. The molecule has 0 aliphatic rings. The lowest BCUT2D eigenvalue weighted by atomic mass is 9.93. The maximum absolute atomic E-state index is 10.9. The van der Waals surface area contributed by atoms with Crippen LogP contribution in [0, 0.1) is 0 Å². The van der Waals surface area contributed by atoms with Crippen LogP contribution in [0.25, 0.3) is 0 Å². The monoisotopic (exact) mass is 383 g/mol. The summed E-state index contributed by atoms with van der Waals surface area (Å²) >= 11 is 0. The summed E-state index contributed by atoms with van der Waals surface area (Å²) in [6, 6.07) is 8.39. The summed E-state index contributed by atoms with van der Waals surface area (Å²) in [6.07, 6.45) is 11.1. The largest absolute Gasteiger partial charge is 0.394 e. The second kappa shape index (κ2) is 11.7. The molecule has 0 radical (unpaired) electrons. The zero-order valence-electron chi connectivity index (χ0n) is 15.8. The molecule has 1 atom stereocenters. The molecule has 5 N–H and O–H groups in total. The van der Waals surface area contributed by atoms with Crippen molar-refractivity contribution in [1.82, 2.24) is 0 Å². The standard InChI is InChI=1S/C20H34NO4P/c1-2-3-4-5-6-7-8-18-9-11-19(12-10-18)13-14-20(21,17-22)15-16-26(23,24)25/h9-12,15-16,22H,2-8,13-14,17,21H2,1H3,(H2,23,24,25)/t20-/m0/s1. The van der Waals surface area contributed by atoms with Crippen LogP contribution in [0.5, 0.6) is 0 Å². The van der Waals surface area contributed by atoms with Crippen LogP contribution in [0.4, 0.5) is 0 Å². The summed E-state index contributed by atoms with van der Waals surface area (Å²) in [5.74, 6) is 0.771. The molecule has 0 spiro atoms. The Kier molecular flexibility index (Phi) is 10.4. The van der Waals surface area contributed by atoms with Crippen molar-refractivity contribution in [1.29, 1.82) is 0 Å². The van der Waals surface area contributed by atoms with Gasteiger partial charge in [0.15, 0.2) is 0 Å². The number of nitrogens with two attached hydrogens (primary N) is 1. The van der Waals surface area contributed by atoms with Crippen LogP contribution in [0.2, 0.25) is 0 Å². The van der Waals surface area contributed by atoms with Gasteiger partial charge in [0.2, 0.25) is 0 Å². The van der Waals surface area contributed by atoms with Gasteiger partial charge in [-0.3, -0.25) is 4.57 Å². The lowest BCUT2D eigenvalue weighted by molar-refractivity contribution is 0.219. The maximum atomic E-state index is 10.9. The molecule has 0 fully saturated rings. The Hall–Kier alpha value is -0.970. The molecule has 0 aliphatic heterocycles. The van der Waals surface area contributed by atoms with Crippen molar-refractivity contribution in [3.8, 4) is 0 Å². The smallest absolute Gasteiger partial charge is 0.348 e. The minimum Gasteiger partial charge on any atom is -0.394 e. The molecule has 0 aromatic heterocycles. The summed E-state index contributed by atoms with van der Waals surface area (Å²) in [7, 11) is -4.27. The molecule has 1 aromatic carbocycles. The number of unbranched alkanes of at least 4 members (excludes halogenated alkanes) is 5. The zero-order valence-corrected chi connectivity index (χ0v) is 16.7. The predicted molar refractivity (Wildman–Crippen MR) is 107 cm³/mol. The highest BCUT2D eigenvalue weighted by molar-refractivity contribution is 7.55. The van der Waals surface area contributed by atoms with Crippen molar-refractivity contribution in [3.05, 3.63) is 47.3 Å². The average Bonchev–Trinajstić information content (AvgIpc) is 2.61. The first kappa shape index (κ1) is 23.1. The molecule has 1 rings (SSSR count). The summed E-state index contributed by atoms with van der Waals surface area (Å²) in [6.45, 7) is 1.87. The van der Waals surface area contributed by atoms with Gasteiger partial charge in [-0.15, -0.1) is 0 Å². The van der Waals surface area contributed by atoms with Gasteiger partial charge in [0.05, 0.1) is 12.1 Å². The first-order valence-electron chi connectivity index (χ1n) is 9.51. The summed E-state index contributed by atoms with van der Waals surface area (Å²) in [5.41, 5.74) is 7.32. The van der Waals surface area contributed by atoms with E-state index in [0.717, 1.165) is 17.8 Å². The van der Waals surface area contributed by atoms with Crippen LogP contribution in [0.15, 0.2) is 36.2 Å². The maximum Gasteiger partial charge on any atom is 0.348 e. The molecule has 6 heteroatoms. The lowest BCUT2D eigenvalue weighted by Crippen LogP contribution is -2.42. The van der Waals surface area contributed by atoms with Gasteiger partial charge < -0.3 is 20.6 Å². The fraction of sp³-hybridized carbons (Fsp3) is 0.600. The second-order valence-corrected chi connectivity index (χ2v) is 8.61. The molecule has 0 heterocycles. The second-order valence-electron chi connectivity index (χ2n) is 7.13. The molecule has 0 saturated heterocycles. The molecule has 148 valence electrons. The highest BCUT2D eigenvalue weighted by Crippen LogP contribution is 2.37. The lowest BCUT2D eigenvalue weighted by Gasteiger charge is -2.23. The molecule has 0 saturated carbocycles. The number of rotatable bonds is 13. The van der Waals surface area contributed by atoms with Crippen LogP contribution in [-0.2, 0) is 17.4 Å². The quantitative estimate of drug-likeness (QED) is 0.305. The number of hydrogen-bond donors (Lipinski definition) is 4. The highest BCUT2D eigenvalue weighted by atomic mass is 31.2.